The van der Waals surface area contributed by atoms with Gasteiger partial charge in [0.05, 0.1) is 9.34 Å². The first-order valence-electron chi connectivity index (χ1n) is 5.16. The molecule has 1 saturated carbocycles. The number of rotatable bonds is 2. The fourth-order valence-corrected chi connectivity index (χ4v) is 3.05. The SMILES string of the molecule is CN(c1ccc(Cl)s1)C1CCC(=O)CC1. The highest BCUT2D eigenvalue weighted by Gasteiger charge is 2.22. The first-order valence-corrected chi connectivity index (χ1v) is 6.36. The summed E-state index contributed by atoms with van der Waals surface area (Å²) in [5.41, 5.74) is 0. The zero-order chi connectivity index (χ0) is 10.8. The van der Waals surface area contributed by atoms with E-state index in [4.69, 9.17) is 11.6 Å². The standard InChI is InChI=1S/C11H14ClNOS/c1-13(11-7-6-10(12)15-11)8-2-4-9(14)5-3-8/h6-8H,2-5H2,1H3. The third-order valence-electron chi connectivity index (χ3n) is 2.97. The molecule has 0 unspecified atom stereocenters. The Hall–Kier alpha value is -0.540. The highest BCUT2D eigenvalue weighted by Crippen LogP contribution is 2.32. The molecule has 4 heteroatoms. The molecule has 82 valence electrons. The van der Waals surface area contributed by atoms with E-state index in [1.165, 1.54) is 5.00 Å². The van der Waals surface area contributed by atoms with Crippen LogP contribution >= 0.6 is 22.9 Å². The van der Waals surface area contributed by atoms with Gasteiger partial charge in [0.1, 0.15) is 5.78 Å². The van der Waals surface area contributed by atoms with Crippen LogP contribution in [0.3, 0.4) is 0 Å². The quantitative estimate of drug-likeness (QED) is 0.794. The third-order valence-corrected chi connectivity index (χ3v) is 4.29. The predicted molar refractivity (Wildman–Crippen MR) is 65.0 cm³/mol. The average molecular weight is 244 g/mol. The van der Waals surface area contributed by atoms with Crippen molar-refractivity contribution < 1.29 is 4.79 Å². The zero-order valence-corrected chi connectivity index (χ0v) is 10.3. The van der Waals surface area contributed by atoms with Gasteiger partial charge in [0, 0.05) is 25.9 Å². The Labute approximate surface area is 98.8 Å². The summed E-state index contributed by atoms with van der Waals surface area (Å²) in [5, 5.41) is 1.19. The van der Waals surface area contributed by atoms with Gasteiger partial charge >= 0.3 is 0 Å². The monoisotopic (exact) mass is 243 g/mol. The van der Waals surface area contributed by atoms with Gasteiger partial charge in [0.2, 0.25) is 0 Å². The maximum Gasteiger partial charge on any atom is 0.133 e. The number of carbonyl (C=O) groups excluding carboxylic acids is 1. The van der Waals surface area contributed by atoms with Crippen LogP contribution < -0.4 is 4.90 Å². The number of thiophene rings is 1. The van der Waals surface area contributed by atoms with Crippen molar-refractivity contribution in [3.05, 3.63) is 16.5 Å². The van der Waals surface area contributed by atoms with Crippen LogP contribution in [0, 0.1) is 0 Å². The van der Waals surface area contributed by atoms with Crippen molar-refractivity contribution in [2.24, 2.45) is 0 Å². The summed E-state index contributed by atoms with van der Waals surface area (Å²) < 4.78 is 0.823. The van der Waals surface area contributed by atoms with Gasteiger partial charge in [-0.1, -0.05) is 11.6 Å². The summed E-state index contributed by atoms with van der Waals surface area (Å²) in [6, 6.07) is 4.47. The van der Waals surface area contributed by atoms with E-state index >= 15 is 0 Å². The maximum absolute atomic E-state index is 11.1. The zero-order valence-electron chi connectivity index (χ0n) is 8.70. The van der Waals surface area contributed by atoms with E-state index in [-0.39, 0.29) is 0 Å². The van der Waals surface area contributed by atoms with E-state index in [9.17, 15) is 4.79 Å². The number of hydrogen-bond acceptors (Lipinski definition) is 3. The summed E-state index contributed by atoms with van der Waals surface area (Å²) in [4.78, 5) is 13.4. The number of Topliss-reactive ketones (excluding diaryl/α,β-unsaturated/α-hetero) is 1. The lowest BCUT2D eigenvalue weighted by molar-refractivity contribution is -0.120. The van der Waals surface area contributed by atoms with Crippen LogP contribution in [0.1, 0.15) is 25.7 Å². The Bertz CT molecular complexity index is 353. The second-order valence-corrected chi connectivity index (χ2v) is 5.65. The molecule has 1 fully saturated rings. The molecule has 0 spiro atoms. The van der Waals surface area contributed by atoms with Crippen molar-refractivity contribution in [1.82, 2.24) is 0 Å². The van der Waals surface area contributed by atoms with Crippen LogP contribution in [0.25, 0.3) is 0 Å². The Morgan fingerprint density at radius 1 is 1.40 bits per heavy atom. The molecule has 1 aromatic heterocycles. The molecule has 0 aromatic carbocycles. The Morgan fingerprint density at radius 2 is 2.07 bits per heavy atom. The third kappa shape index (κ3) is 2.52. The summed E-state index contributed by atoms with van der Waals surface area (Å²) in [7, 11) is 2.09. The second-order valence-electron chi connectivity index (χ2n) is 3.96. The molecule has 2 rings (SSSR count). The summed E-state index contributed by atoms with van der Waals surface area (Å²) in [5.74, 6) is 0.406. The van der Waals surface area contributed by atoms with Crippen LogP contribution in [-0.4, -0.2) is 18.9 Å². The molecule has 0 amide bonds. The Morgan fingerprint density at radius 3 is 2.60 bits per heavy atom. The topological polar surface area (TPSA) is 20.3 Å². The summed E-state index contributed by atoms with van der Waals surface area (Å²) in [6.07, 6.45) is 3.41. The molecule has 1 heterocycles. The van der Waals surface area contributed by atoms with Crippen molar-refractivity contribution in [1.29, 1.82) is 0 Å². The van der Waals surface area contributed by atoms with Crippen molar-refractivity contribution in [3.63, 3.8) is 0 Å². The van der Waals surface area contributed by atoms with E-state index in [0.29, 0.717) is 11.8 Å². The van der Waals surface area contributed by atoms with Crippen molar-refractivity contribution in [2.75, 3.05) is 11.9 Å². The first-order chi connectivity index (χ1) is 7.16. The lowest BCUT2D eigenvalue weighted by Gasteiger charge is -2.31. The smallest absolute Gasteiger partial charge is 0.133 e. The number of carbonyl (C=O) groups is 1. The van der Waals surface area contributed by atoms with Crippen LogP contribution in [0.2, 0.25) is 4.34 Å². The maximum atomic E-state index is 11.1. The van der Waals surface area contributed by atoms with E-state index in [1.807, 2.05) is 12.1 Å². The van der Waals surface area contributed by atoms with Gasteiger partial charge in [0.25, 0.3) is 0 Å². The molecule has 1 aliphatic carbocycles. The number of nitrogens with zero attached hydrogens (tertiary/aromatic N) is 1. The molecule has 0 aliphatic heterocycles. The predicted octanol–water partition coefficient (Wildman–Crippen LogP) is 3.35. The highest BCUT2D eigenvalue weighted by atomic mass is 35.5. The molecular weight excluding hydrogens is 230 g/mol. The lowest BCUT2D eigenvalue weighted by atomic mass is 9.93. The minimum Gasteiger partial charge on any atom is -0.363 e. The molecule has 1 aliphatic rings. The fraction of sp³-hybridized carbons (Fsp3) is 0.545. The number of ketones is 1. The summed E-state index contributed by atoms with van der Waals surface area (Å²) >= 11 is 7.50. The Balaban J connectivity index is 2.02. The van der Waals surface area contributed by atoms with Gasteiger partial charge in [0.15, 0.2) is 0 Å². The first kappa shape index (κ1) is 11.0. The average Bonchev–Trinajstić information content (AvgIpc) is 2.65. The number of anilines is 1. The van der Waals surface area contributed by atoms with Gasteiger partial charge in [-0.15, -0.1) is 11.3 Å². The molecule has 15 heavy (non-hydrogen) atoms. The fourth-order valence-electron chi connectivity index (χ4n) is 1.99. The normalized spacial score (nSPS) is 18.1. The van der Waals surface area contributed by atoms with E-state index < -0.39 is 0 Å². The second kappa shape index (κ2) is 4.54. The van der Waals surface area contributed by atoms with Crippen LogP contribution in [0.15, 0.2) is 12.1 Å². The largest absolute Gasteiger partial charge is 0.363 e. The minimum atomic E-state index is 0.406. The van der Waals surface area contributed by atoms with Gasteiger partial charge in [-0.25, -0.2) is 0 Å². The van der Waals surface area contributed by atoms with Crippen molar-refractivity contribution >= 4 is 33.7 Å². The molecule has 0 bridgehead atoms. The molecule has 2 nitrogen and oxygen atoms in total. The van der Waals surface area contributed by atoms with Gasteiger partial charge in [-0.3, -0.25) is 4.79 Å². The lowest BCUT2D eigenvalue weighted by Crippen LogP contribution is -2.34. The van der Waals surface area contributed by atoms with Gasteiger partial charge < -0.3 is 4.90 Å². The van der Waals surface area contributed by atoms with Gasteiger partial charge in [-0.2, -0.15) is 0 Å². The molecule has 0 atom stereocenters. The number of halogens is 1. The molecule has 0 saturated heterocycles. The Kier molecular flexibility index (Phi) is 3.32. The molecule has 0 N–H and O–H groups in total. The van der Waals surface area contributed by atoms with Crippen LogP contribution in [-0.2, 0) is 4.79 Å². The summed E-state index contributed by atoms with van der Waals surface area (Å²) in [6.45, 7) is 0. The molecule has 0 radical (unpaired) electrons. The molecule has 1 aromatic rings. The van der Waals surface area contributed by atoms with Crippen molar-refractivity contribution in [2.45, 2.75) is 31.7 Å². The van der Waals surface area contributed by atoms with E-state index in [2.05, 4.69) is 11.9 Å². The number of hydrogen-bond donors (Lipinski definition) is 0. The van der Waals surface area contributed by atoms with Crippen molar-refractivity contribution in [3.8, 4) is 0 Å². The minimum absolute atomic E-state index is 0.406. The van der Waals surface area contributed by atoms with Crippen LogP contribution in [0.4, 0.5) is 5.00 Å². The van der Waals surface area contributed by atoms with Crippen LogP contribution in [0.5, 0.6) is 0 Å². The highest BCUT2D eigenvalue weighted by molar-refractivity contribution is 7.19. The molecular formula is C11H14ClNOS. The van der Waals surface area contributed by atoms with E-state index in [0.717, 1.165) is 30.0 Å². The van der Waals surface area contributed by atoms with Gasteiger partial charge in [-0.05, 0) is 25.0 Å². The van der Waals surface area contributed by atoms with E-state index in [1.54, 1.807) is 11.3 Å².